The molecule has 2 rings (SSSR count). The van der Waals surface area contributed by atoms with Gasteiger partial charge in [-0.05, 0) is 11.5 Å². The summed E-state index contributed by atoms with van der Waals surface area (Å²) in [6.07, 6.45) is 3.62. The first-order valence-electron chi connectivity index (χ1n) is 4.63. The largest absolute Gasteiger partial charge is 1.00 e. The smallest absolute Gasteiger partial charge is 0.372 e. The topological polar surface area (TPSA) is 56.0 Å². The van der Waals surface area contributed by atoms with Gasteiger partial charge in [0.2, 0.25) is 6.54 Å². The van der Waals surface area contributed by atoms with E-state index in [1.807, 2.05) is 29.9 Å². The van der Waals surface area contributed by atoms with E-state index < -0.39 is 0 Å². The Bertz CT molecular complexity index is 473. The van der Waals surface area contributed by atoms with Gasteiger partial charge in [0, 0.05) is 23.1 Å². The zero-order chi connectivity index (χ0) is 11.4. The van der Waals surface area contributed by atoms with Crippen molar-refractivity contribution in [2.24, 2.45) is 0 Å². The third kappa shape index (κ3) is 3.57. The SMILES string of the molecule is COC(=O)C[n+]1ccc(-c2csnn2)cc1.[Br-]. The minimum absolute atomic E-state index is 0. The predicted molar refractivity (Wildman–Crippen MR) is 57.6 cm³/mol. The third-order valence-corrected chi connectivity index (χ3v) is 2.59. The molecular formula is C10H10BrN3O2S. The monoisotopic (exact) mass is 315 g/mol. The van der Waals surface area contributed by atoms with Crippen molar-refractivity contribution in [3.8, 4) is 11.3 Å². The lowest BCUT2D eigenvalue weighted by Crippen LogP contribution is -3.00. The molecule has 90 valence electrons. The van der Waals surface area contributed by atoms with Gasteiger partial charge in [0.05, 0.1) is 7.11 Å². The van der Waals surface area contributed by atoms with E-state index >= 15 is 0 Å². The van der Waals surface area contributed by atoms with Crippen LogP contribution >= 0.6 is 11.5 Å². The first kappa shape index (κ1) is 13.7. The highest BCUT2D eigenvalue weighted by atomic mass is 79.9. The average Bonchev–Trinajstić information content (AvgIpc) is 2.83. The number of hydrogen-bond donors (Lipinski definition) is 0. The van der Waals surface area contributed by atoms with E-state index in [1.165, 1.54) is 18.6 Å². The fourth-order valence-electron chi connectivity index (χ4n) is 1.24. The van der Waals surface area contributed by atoms with Crippen LogP contribution in [0.3, 0.4) is 0 Å². The van der Waals surface area contributed by atoms with E-state index in [-0.39, 0.29) is 29.5 Å². The Morgan fingerprint density at radius 1 is 1.47 bits per heavy atom. The molecule has 0 bridgehead atoms. The first-order chi connectivity index (χ1) is 7.79. The second-order valence-corrected chi connectivity index (χ2v) is 3.74. The third-order valence-electron chi connectivity index (χ3n) is 2.09. The normalized spacial score (nSPS) is 9.47. The van der Waals surface area contributed by atoms with Crippen LogP contribution in [-0.4, -0.2) is 22.7 Å². The second-order valence-electron chi connectivity index (χ2n) is 3.13. The highest BCUT2D eigenvalue weighted by molar-refractivity contribution is 7.03. The van der Waals surface area contributed by atoms with Gasteiger partial charge in [-0.2, -0.15) is 4.57 Å². The number of ether oxygens (including phenoxy) is 1. The standard InChI is InChI=1S/C10H10N3O2S.BrH/c1-15-10(14)6-13-4-2-8(3-5-13)9-7-16-12-11-9;/h2-5,7H,6H2,1H3;1H/q+1;/p-1. The van der Waals surface area contributed by atoms with Crippen molar-refractivity contribution in [3.63, 3.8) is 0 Å². The quantitative estimate of drug-likeness (QED) is 0.471. The number of methoxy groups -OCH3 is 1. The zero-order valence-corrected chi connectivity index (χ0v) is 11.4. The second kappa shape index (κ2) is 6.41. The number of rotatable bonds is 3. The van der Waals surface area contributed by atoms with Crippen molar-refractivity contribution in [2.45, 2.75) is 6.54 Å². The number of aromatic nitrogens is 3. The molecule has 0 atom stereocenters. The van der Waals surface area contributed by atoms with Crippen molar-refractivity contribution < 1.29 is 31.1 Å². The Hall–Kier alpha value is -1.34. The molecule has 0 saturated heterocycles. The number of pyridine rings is 1. The zero-order valence-electron chi connectivity index (χ0n) is 9.04. The first-order valence-corrected chi connectivity index (χ1v) is 5.46. The summed E-state index contributed by atoms with van der Waals surface area (Å²) in [4.78, 5) is 11.0. The summed E-state index contributed by atoms with van der Waals surface area (Å²) in [7, 11) is 1.37. The van der Waals surface area contributed by atoms with E-state index in [0.717, 1.165) is 11.3 Å². The molecule has 2 heterocycles. The summed E-state index contributed by atoms with van der Waals surface area (Å²) < 4.78 is 10.1. The molecular weight excluding hydrogens is 306 g/mol. The van der Waals surface area contributed by atoms with E-state index in [0.29, 0.717) is 0 Å². The fraction of sp³-hybridized carbons (Fsp3) is 0.200. The van der Waals surface area contributed by atoms with E-state index in [1.54, 1.807) is 4.57 Å². The maximum absolute atomic E-state index is 11.0. The van der Waals surface area contributed by atoms with Crippen LogP contribution in [0.25, 0.3) is 11.3 Å². The molecule has 0 unspecified atom stereocenters. The van der Waals surface area contributed by atoms with E-state index in [4.69, 9.17) is 0 Å². The van der Waals surface area contributed by atoms with Gasteiger partial charge in [-0.3, -0.25) is 0 Å². The molecule has 0 aliphatic heterocycles. The van der Waals surface area contributed by atoms with Gasteiger partial charge < -0.3 is 21.7 Å². The number of carbonyl (C=O) groups is 1. The number of halogens is 1. The molecule has 0 saturated carbocycles. The molecule has 2 aromatic rings. The molecule has 0 aliphatic carbocycles. The number of carbonyl (C=O) groups excluding carboxylic acids is 1. The fourth-order valence-corrected chi connectivity index (χ4v) is 1.70. The van der Waals surface area contributed by atoms with Crippen molar-refractivity contribution >= 4 is 17.5 Å². The van der Waals surface area contributed by atoms with E-state index in [9.17, 15) is 4.79 Å². The Labute approximate surface area is 113 Å². The molecule has 0 aromatic carbocycles. The maximum atomic E-state index is 11.0. The van der Waals surface area contributed by atoms with Crippen molar-refractivity contribution in [2.75, 3.05) is 7.11 Å². The van der Waals surface area contributed by atoms with Gasteiger partial charge in [-0.1, -0.05) is 4.49 Å². The molecule has 2 aromatic heterocycles. The highest BCUT2D eigenvalue weighted by Gasteiger charge is 2.09. The van der Waals surface area contributed by atoms with Crippen LogP contribution in [-0.2, 0) is 16.1 Å². The van der Waals surface area contributed by atoms with Gasteiger partial charge in [0.1, 0.15) is 5.69 Å². The summed E-state index contributed by atoms with van der Waals surface area (Å²) >= 11 is 1.31. The van der Waals surface area contributed by atoms with Crippen molar-refractivity contribution in [1.82, 2.24) is 9.59 Å². The lowest BCUT2D eigenvalue weighted by Gasteiger charge is -1.96. The minimum Gasteiger partial charge on any atom is -1.00 e. The molecule has 0 N–H and O–H groups in total. The van der Waals surface area contributed by atoms with Gasteiger partial charge >= 0.3 is 5.97 Å². The highest BCUT2D eigenvalue weighted by Crippen LogP contribution is 2.14. The van der Waals surface area contributed by atoms with Crippen molar-refractivity contribution in [1.29, 1.82) is 0 Å². The van der Waals surface area contributed by atoms with E-state index in [2.05, 4.69) is 14.3 Å². The van der Waals surface area contributed by atoms with Crippen LogP contribution in [0.15, 0.2) is 29.9 Å². The minimum atomic E-state index is -0.270. The Morgan fingerprint density at radius 2 is 2.18 bits per heavy atom. The average molecular weight is 316 g/mol. The molecule has 0 aliphatic rings. The molecule has 0 spiro atoms. The Balaban J connectivity index is 0.00000144. The number of hydrogen-bond acceptors (Lipinski definition) is 5. The van der Waals surface area contributed by atoms with Crippen LogP contribution < -0.4 is 21.5 Å². The molecule has 17 heavy (non-hydrogen) atoms. The van der Waals surface area contributed by atoms with Gasteiger partial charge in [0.25, 0.3) is 0 Å². The van der Waals surface area contributed by atoms with Gasteiger partial charge in [-0.15, -0.1) is 5.10 Å². The lowest BCUT2D eigenvalue weighted by molar-refractivity contribution is -0.685. The molecule has 5 nitrogen and oxygen atoms in total. The van der Waals surface area contributed by atoms with Crippen LogP contribution in [0.2, 0.25) is 0 Å². The van der Waals surface area contributed by atoms with Crippen molar-refractivity contribution in [3.05, 3.63) is 29.9 Å². The summed E-state index contributed by atoms with van der Waals surface area (Å²) in [5.41, 5.74) is 1.82. The number of nitrogens with zero attached hydrogens (tertiary/aromatic N) is 3. The van der Waals surface area contributed by atoms with Gasteiger partial charge in [0.15, 0.2) is 12.4 Å². The van der Waals surface area contributed by atoms with Crippen LogP contribution in [0.4, 0.5) is 0 Å². The van der Waals surface area contributed by atoms with Gasteiger partial charge in [-0.25, -0.2) is 4.79 Å². The Morgan fingerprint density at radius 3 is 2.71 bits per heavy atom. The molecule has 0 amide bonds. The van der Waals surface area contributed by atoms with Crippen LogP contribution in [0.1, 0.15) is 0 Å². The lowest BCUT2D eigenvalue weighted by atomic mass is 10.2. The maximum Gasteiger partial charge on any atom is 0.372 e. The van der Waals surface area contributed by atoms with Crippen LogP contribution in [0.5, 0.6) is 0 Å². The predicted octanol–water partition coefficient (Wildman–Crippen LogP) is -2.33. The molecule has 0 radical (unpaired) electrons. The number of esters is 1. The molecule has 0 fully saturated rings. The van der Waals surface area contributed by atoms with Crippen LogP contribution in [0, 0.1) is 0 Å². The summed E-state index contributed by atoms with van der Waals surface area (Å²) in [6, 6.07) is 3.78. The summed E-state index contributed by atoms with van der Waals surface area (Å²) in [5.74, 6) is -0.270. The molecule has 7 heteroatoms. The Kier molecular flexibility index (Phi) is 5.17. The summed E-state index contributed by atoms with van der Waals surface area (Å²) in [6.45, 7) is 0.214. The summed E-state index contributed by atoms with van der Waals surface area (Å²) in [5, 5.41) is 5.84.